The summed E-state index contributed by atoms with van der Waals surface area (Å²) in [4.78, 5) is 40.5. The Kier molecular flexibility index (Phi) is 6.23. The lowest BCUT2D eigenvalue weighted by Crippen LogP contribution is -2.63. The van der Waals surface area contributed by atoms with Crippen molar-refractivity contribution in [2.45, 2.75) is 70.5 Å². The van der Waals surface area contributed by atoms with E-state index in [1.165, 1.54) is 46.7 Å². The van der Waals surface area contributed by atoms with Gasteiger partial charge in [-0.2, -0.15) is 5.10 Å². The fraction of sp³-hybridized carbons (Fsp3) is 0.500. The molecular formula is C24H30FN5O3. The summed E-state index contributed by atoms with van der Waals surface area (Å²) in [6, 6.07) is 5.60. The minimum Gasteiger partial charge on any atom is -0.351 e. The monoisotopic (exact) mass is 455 g/mol. The molecule has 1 atom stereocenters. The van der Waals surface area contributed by atoms with Crippen molar-refractivity contribution >= 4 is 23.4 Å². The van der Waals surface area contributed by atoms with Gasteiger partial charge in [0.15, 0.2) is 5.69 Å². The van der Waals surface area contributed by atoms with Crippen LogP contribution in [-0.2, 0) is 11.3 Å². The molecule has 9 heteroatoms. The lowest BCUT2D eigenvalue weighted by molar-refractivity contribution is -0.133. The first kappa shape index (κ1) is 22.9. The molecule has 33 heavy (non-hydrogen) atoms. The summed E-state index contributed by atoms with van der Waals surface area (Å²) in [5.74, 6) is -1.48. The molecule has 1 unspecified atom stereocenters. The molecule has 1 aromatic carbocycles. The summed E-state index contributed by atoms with van der Waals surface area (Å²) in [6.45, 7) is 3.56. The second-order valence-electron chi connectivity index (χ2n) is 9.29. The van der Waals surface area contributed by atoms with Crippen LogP contribution >= 0.6 is 0 Å². The number of fused-ring (bicyclic) bond motifs is 1. The third-order valence-electron chi connectivity index (χ3n) is 6.85. The lowest BCUT2D eigenvalue weighted by Gasteiger charge is -2.41. The second kappa shape index (κ2) is 8.96. The van der Waals surface area contributed by atoms with Crippen LogP contribution in [0.25, 0.3) is 0 Å². The second-order valence-corrected chi connectivity index (χ2v) is 9.29. The van der Waals surface area contributed by atoms with Gasteiger partial charge >= 0.3 is 0 Å². The molecule has 4 rings (SSSR count). The summed E-state index contributed by atoms with van der Waals surface area (Å²) >= 11 is 0. The van der Waals surface area contributed by atoms with Gasteiger partial charge < -0.3 is 15.5 Å². The van der Waals surface area contributed by atoms with Crippen molar-refractivity contribution in [3.8, 4) is 0 Å². The zero-order valence-corrected chi connectivity index (χ0v) is 19.3. The van der Waals surface area contributed by atoms with Crippen LogP contribution in [0.2, 0.25) is 0 Å². The number of carbonyl (C=O) groups is 3. The Morgan fingerprint density at radius 2 is 1.85 bits per heavy atom. The molecule has 3 amide bonds. The highest BCUT2D eigenvalue weighted by Crippen LogP contribution is 2.27. The van der Waals surface area contributed by atoms with Crippen LogP contribution in [0.5, 0.6) is 0 Å². The Bertz CT molecular complexity index is 1090. The molecule has 1 aliphatic carbocycles. The SMILES string of the molecule is Cc1cc(F)ccc1NC(=O)c1cc2n(n1)CC(C)(C(=O)NC1CCCCCC1)N(C)C2=O. The van der Waals surface area contributed by atoms with Crippen LogP contribution in [-0.4, -0.2) is 51.0 Å². The fourth-order valence-corrected chi connectivity index (χ4v) is 4.56. The average Bonchev–Trinajstić information content (AvgIpc) is 3.02. The third-order valence-corrected chi connectivity index (χ3v) is 6.85. The molecule has 0 saturated heterocycles. The Morgan fingerprint density at radius 3 is 2.52 bits per heavy atom. The van der Waals surface area contributed by atoms with Crippen molar-refractivity contribution in [3.05, 3.63) is 47.0 Å². The molecule has 2 N–H and O–H groups in total. The number of likely N-dealkylation sites (N-methyl/N-ethyl adjacent to an activating group) is 1. The highest BCUT2D eigenvalue weighted by molar-refractivity contribution is 6.06. The zero-order chi connectivity index (χ0) is 23.8. The van der Waals surface area contributed by atoms with Crippen molar-refractivity contribution < 1.29 is 18.8 Å². The number of amides is 3. The molecule has 176 valence electrons. The van der Waals surface area contributed by atoms with E-state index in [1.54, 1.807) is 20.9 Å². The van der Waals surface area contributed by atoms with Gasteiger partial charge in [0.05, 0.1) is 6.54 Å². The number of hydrogen-bond donors (Lipinski definition) is 2. The van der Waals surface area contributed by atoms with Gasteiger partial charge in [0, 0.05) is 24.8 Å². The number of halogens is 1. The zero-order valence-electron chi connectivity index (χ0n) is 19.3. The van der Waals surface area contributed by atoms with Gasteiger partial charge in [-0.05, 0) is 50.5 Å². The number of carbonyl (C=O) groups excluding carboxylic acids is 3. The van der Waals surface area contributed by atoms with E-state index in [4.69, 9.17) is 0 Å². The summed E-state index contributed by atoms with van der Waals surface area (Å²) in [7, 11) is 1.60. The lowest BCUT2D eigenvalue weighted by atomic mass is 9.95. The Labute approximate surface area is 192 Å². The largest absolute Gasteiger partial charge is 0.351 e. The molecule has 0 bridgehead atoms. The highest BCUT2D eigenvalue weighted by Gasteiger charge is 2.46. The number of hydrogen-bond acceptors (Lipinski definition) is 4. The van der Waals surface area contributed by atoms with Gasteiger partial charge in [0.2, 0.25) is 5.91 Å². The fourth-order valence-electron chi connectivity index (χ4n) is 4.56. The highest BCUT2D eigenvalue weighted by atomic mass is 19.1. The van der Waals surface area contributed by atoms with E-state index in [0.29, 0.717) is 11.3 Å². The molecule has 2 aliphatic rings. The summed E-state index contributed by atoms with van der Waals surface area (Å²) in [5.41, 5.74) is 0.223. The van der Waals surface area contributed by atoms with Crippen molar-refractivity contribution in [3.63, 3.8) is 0 Å². The van der Waals surface area contributed by atoms with E-state index in [-0.39, 0.29) is 35.8 Å². The molecular weight excluding hydrogens is 425 g/mol. The number of benzene rings is 1. The molecule has 1 saturated carbocycles. The third kappa shape index (κ3) is 4.49. The van der Waals surface area contributed by atoms with Gasteiger partial charge in [0.25, 0.3) is 11.8 Å². The molecule has 2 aromatic rings. The molecule has 1 aromatic heterocycles. The summed E-state index contributed by atoms with van der Waals surface area (Å²) in [5, 5.41) is 10.2. The maximum absolute atomic E-state index is 13.3. The molecule has 2 heterocycles. The number of aromatic nitrogens is 2. The van der Waals surface area contributed by atoms with Gasteiger partial charge in [-0.15, -0.1) is 0 Å². The predicted molar refractivity (Wildman–Crippen MR) is 121 cm³/mol. The number of nitrogens with zero attached hydrogens (tertiary/aromatic N) is 3. The number of aryl methyl sites for hydroxylation is 1. The first-order chi connectivity index (χ1) is 15.7. The van der Waals surface area contributed by atoms with E-state index < -0.39 is 17.3 Å². The predicted octanol–water partition coefficient (Wildman–Crippen LogP) is 3.27. The standard InChI is InChI=1S/C24H30FN5O3/c1-15-12-16(25)10-11-18(15)27-21(31)19-13-20-22(32)29(3)24(2,14-30(20)28-19)23(33)26-17-8-6-4-5-7-9-17/h10-13,17H,4-9,14H2,1-3H3,(H,26,33)(H,27,31). The van der Waals surface area contributed by atoms with Crippen LogP contribution < -0.4 is 10.6 Å². The van der Waals surface area contributed by atoms with Gasteiger partial charge in [0.1, 0.15) is 17.1 Å². The quantitative estimate of drug-likeness (QED) is 0.692. The maximum Gasteiger partial charge on any atom is 0.276 e. The van der Waals surface area contributed by atoms with Crippen LogP contribution in [0.15, 0.2) is 24.3 Å². The van der Waals surface area contributed by atoms with E-state index in [2.05, 4.69) is 15.7 Å². The molecule has 0 spiro atoms. The molecule has 8 nitrogen and oxygen atoms in total. The van der Waals surface area contributed by atoms with Crippen LogP contribution in [0, 0.1) is 12.7 Å². The average molecular weight is 456 g/mol. The Hall–Kier alpha value is -3.23. The first-order valence-electron chi connectivity index (χ1n) is 11.4. The van der Waals surface area contributed by atoms with Crippen molar-refractivity contribution in [1.29, 1.82) is 0 Å². The first-order valence-corrected chi connectivity index (χ1v) is 11.4. The Balaban J connectivity index is 1.53. The molecule has 0 radical (unpaired) electrons. The minimum atomic E-state index is -1.12. The van der Waals surface area contributed by atoms with Crippen LogP contribution in [0.1, 0.15) is 72.0 Å². The van der Waals surface area contributed by atoms with Crippen LogP contribution in [0.4, 0.5) is 10.1 Å². The van der Waals surface area contributed by atoms with Gasteiger partial charge in [-0.25, -0.2) is 4.39 Å². The summed E-state index contributed by atoms with van der Waals surface area (Å²) in [6.07, 6.45) is 6.43. The smallest absolute Gasteiger partial charge is 0.276 e. The minimum absolute atomic E-state index is 0.0592. The van der Waals surface area contributed by atoms with E-state index in [0.717, 1.165) is 25.7 Å². The van der Waals surface area contributed by atoms with Crippen molar-refractivity contribution in [2.24, 2.45) is 0 Å². The van der Waals surface area contributed by atoms with E-state index in [1.807, 2.05) is 0 Å². The van der Waals surface area contributed by atoms with Gasteiger partial charge in [-0.1, -0.05) is 25.7 Å². The van der Waals surface area contributed by atoms with E-state index >= 15 is 0 Å². The molecule has 1 aliphatic heterocycles. The maximum atomic E-state index is 13.3. The number of rotatable bonds is 4. The summed E-state index contributed by atoms with van der Waals surface area (Å²) < 4.78 is 14.8. The number of nitrogens with one attached hydrogen (secondary N) is 2. The van der Waals surface area contributed by atoms with Crippen molar-refractivity contribution in [2.75, 3.05) is 12.4 Å². The van der Waals surface area contributed by atoms with Gasteiger partial charge in [-0.3, -0.25) is 19.1 Å². The normalized spacial score (nSPS) is 21.3. The molecule has 1 fully saturated rings. The van der Waals surface area contributed by atoms with E-state index in [9.17, 15) is 18.8 Å². The van der Waals surface area contributed by atoms with Crippen LogP contribution in [0.3, 0.4) is 0 Å². The Morgan fingerprint density at radius 1 is 1.15 bits per heavy atom. The number of anilines is 1. The topological polar surface area (TPSA) is 96.3 Å². The van der Waals surface area contributed by atoms with Crippen molar-refractivity contribution in [1.82, 2.24) is 20.0 Å².